The first kappa shape index (κ1) is 22.0. The molecule has 0 bridgehead atoms. The Balaban J connectivity index is 1.40. The first-order valence-corrected chi connectivity index (χ1v) is 10.5. The van der Waals surface area contributed by atoms with Gasteiger partial charge in [0.1, 0.15) is 0 Å². The first-order chi connectivity index (χ1) is 14.6. The molecule has 0 aromatic heterocycles. The molecule has 0 atom stereocenters. The molecule has 2 aromatic carbocycles. The van der Waals surface area contributed by atoms with Crippen LogP contribution in [0, 0.1) is 5.92 Å². The number of piperidine rings is 1. The standard InChI is InChI=1S/C24H30N2O4/c27-16-21-7-6-19(14-22(21)17-28)8-11-25-24(30)20-9-12-26(13-10-20)23(29)15-18-4-2-1-3-5-18/h1-7,14,20,27-28H,8-13,15-17H2,(H,25,30). The highest BCUT2D eigenvalue weighted by molar-refractivity contribution is 5.81. The van der Waals surface area contributed by atoms with Crippen LogP contribution < -0.4 is 5.32 Å². The Bertz CT molecular complexity index is 846. The molecule has 0 radical (unpaired) electrons. The van der Waals surface area contributed by atoms with Crippen LogP contribution in [0.3, 0.4) is 0 Å². The molecule has 3 rings (SSSR count). The second-order valence-electron chi connectivity index (χ2n) is 7.78. The Kier molecular flexibility index (Phi) is 7.99. The third kappa shape index (κ3) is 5.90. The number of carbonyl (C=O) groups is 2. The molecule has 3 N–H and O–H groups in total. The third-order valence-electron chi connectivity index (χ3n) is 5.74. The van der Waals surface area contributed by atoms with Crippen molar-refractivity contribution in [3.63, 3.8) is 0 Å². The highest BCUT2D eigenvalue weighted by atomic mass is 16.3. The maximum Gasteiger partial charge on any atom is 0.226 e. The van der Waals surface area contributed by atoms with E-state index in [9.17, 15) is 19.8 Å². The lowest BCUT2D eigenvalue weighted by atomic mass is 9.95. The van der Waals surface area contributed by atoms with E-state index in [1.54, 1.807) is 0 Å². The molecule has 0 unspecified atom stereocenters. The summed E-state index contributed by atoms with van der Waals surface area (Å²) in [5.74, 6) is 0.0983. The summed E-state index contributed by atoms with van der Waals surface area (Å²) in [6, 6.07) is 15.3. The summed E-state index contributed by atoms with van der Waals surface area (Å²) in [6.45, 7) is 1.55. The van der Waals surface area contributed by atoms with Gasteiger partial charge in [0, 0.05) is 25.6 Å². The van der Waals surface area contributed by atoms with E-state index < -0.39 is 0 Å². The summed E-state index contributed by atoms with van der Waals surface area (Å²) in [5.41, 5.74) is 3.46. The quantitative estimate of drug-likeness (QED) is 0.619. The molecule has 0 saturated carbocycles. The summed E-state index contributed by atoms with van der Waals surface area (Å²) >= 11 is 0. The van der Waals surface area contributed by atoms with Gasteiger partial charge in [-0.05, 0) is 41.5 Å². The van der Waals surface area contributed by atoms with Gasteiger partial charge in [0.05, 0.1) is 19.6 Å². The van der Waals surface area contributed by atoms with Crippen molar-refractivity contribution in [1.82, 2.24) is 10.2 Å². The maximum absolute atomic E-state index is 12.5. The Hall–Kier alpha value is -2.70. The largest absolute Gasteiger partial charge is 0.392 e. The lowest BCUT2D eigenvalue weighted by Gasteiger charge is -2.31. The molecule has 0 spiro atoms. The Morgan fingerprint density at radius 3 is 2.30 bits per heavy atom. The zero-order valence-corrected chi connectivity index (χ0v) is 17.2. The van der Waals surface area contributed by atoms with Crippen LogP contribution in [0.2, 0.25) is 0 Å². The van der Waals surface area contributed by atoms with Gasteiger partial charge in [0.25, 0.3) is 0 Å². The Labute approximate surface area is 177 Å². The van der Waals surface area contributed by atoms with Gasteiger partial charge in [-0.2, -0.15) is 0 Å². The molecule has 1 aliphatic rings. The number of benzene rings is 2. The molecule has 6 heteroatoms. The van der Waals surface area contributed by atoms with Gasteiger partial charge in [-0.3, -0.25) is 9.59 Å². The van der Waals surface area contributed by atoms with E-state index in [4.69, 9.17) is 0 Å². The molecule has 30 heavy (non-hydrogen) atoms. The predicted octanol–water partition coefficient (Wildman–Crippen LogP) is 1.81. The molecule has 1 fully saturated rings. The minimum absolute atomic E-state index is 0.0412. The number of aliphatic hydroxyl groups is 2. The van der Waals surface area contributed by atoms with E-state index in [1.807, 2.05) is 53.4 Å². The average molecular weight is 411 g/mol. The van der Waals surface area contributed by atoms with Gasteiger partial charge >= 0.3 is 0 Å². The highest BCUT2D eigenvalue weighted by Crippen LogP contribution is 2.19. The molecule has 0 aliphatic carbocycles. The van der Waals surface area contributed by atoms with Crippen LogP contribution in [-0.2, 0) is 35.6 Å². The minimum Gasteiger partial charge on any atom is -0.392 e. The fourth-order valence-corrected chi connectivity index (χ4v) is 3.88. The van der Waals surface area contributed by atoms with Crippen molar-refractivity contribution in [3.8, 4) is 0 Å². The van der Waals surface area contributed by atoms with Gasteiger partial charge in [-0.25, -0.2) is 0 Å². The average Bonchev–Trinajstić information content (AvgIpc) is 2.79. The number of hydrogen-bond acceptors (Lipinski definition) is 4. The second-order valence-corrected chi connectivity index (χ2v) is 7.78. The molecule has 1 saturated heterocycles. The number of aliphatic hydroxyl groups excluding tert-OH is 2. The van der Waals surface area contributed by atoms with E-state index in [0.717, 1.165) is 16.7 Å². The summed E-state index contributed by atoms with van der Waals surface area (Å²) in [6.07, 6.45) is 2.44. The number of nitrogens with zero attached hydrogens (tertiary/aromatic N) is 1. The van der Waals surface area contributed by atoms with Crippen LogP contribution >= 0.6 is 0 Å². The molecule has 1 aliphatic heterocycles. The van der Waals surface area contributed by atoms with Crippen molar-refractivity contribution in [3.05, 3.63) is 70.8 Å². The van der Waals surface area contributed by atoms with Crippen molar-refractivity contribution in [2.24, 2.45) is 5.92 Å². The second kappa shape index (κ2) is 10.9. The molecular weight excluding hydrogens is 380 g/mol. The van der Waals surface area contributed by atoms with Crippen LogP contribution in [0.5, 0.6) is 0 Å². The molecule has 1 heterocycles. The van der Waals surface area contributed by atoms with Gasteiger partial charge in [0.2, 0.25) is 11.8 Å². The fourth-order valence-electron chi connectivity index (χ4n) is 3.88. The van der Waals surface area contributed by atoms with Crippen molar-refractivity contribution >= 4 is 11.8 Å². The van der Waals surface area contributed by atoms with E-state index >= 15 is 0 Å². The summed E-state index contributed by atoms with van der Waals surface area (Å²) in [7, 11) is 0. The molecular formula is C24H30N2O4. The Morgan fingerprint density at radius 1 is 0.933 bits per heavy atom. The molecule has 2 amide bonds. The predicted molar refractivity (Wildman–Crippen MR) is 114 cm³/mol. The van der Waals surface area contributed by atoms with E-state index in [-0.39, 0.29) is 30.9 Å². The lowest BCUT2D eigenvalue weighted by molar-refractivity contribution is -0.135. The number of carbonyl (C=O) groups excluding carboxylic acids is 2. The SMILES string of the molecule is O=C(NCCc1ccc(CO)c(CO)c1)C1CCN(C(=O)Cc2ccccc2)CC1. The molecule has 160 valence electrons. The van der Waals surface area contributed by atoms with Crippen molar-refractivity contribution in [2.75, 3.05) is 19.6 Å². The van der Waals surface area contributed by atoms with Crippen molar-refractivity contribution < 1.29 is 19.8 Å². The molecule has 6 nitrogen and oxygen atoms in total. The monoisotopic (exact) mass is 410 g/mol. The number of likely N-dealkylation sites (tertiary alicyclic amines) is 1. The highest BCUT2D eigenvalue weighted by Gasteiger charge is 2.27. The Morgan fingerprint density at radius 2 is 1.63 bits per heavy atom. The van der Waals surface area contributed by atoms with E-state index in [1.165, 1.54) is 0 Å². The third-order valence-corrected chi connectivity index (χ3v) is 5.74. The topological polar surface area (TPSA) is 89.9 Å². The van der Waals surface area contributed by atoms with E-state index in [0.29, 0.717) is 50.9 Å². The number of amides is 2. The number of hydrogen-bond donors (Lipinski definition) is 3. The fraction of sp³-hybridized carbons (Fsp3) is 0.417. The number of rotatable bonds is 8. The van der Waals surface area contributed by atoms with Gasteiger partial charge in [-0.1, -0.05) is 48.5 Å². The minimum atomic E-state index is -0.113. The summed E-state index contributed by atoms with van der Waals surface area (Å²) < 4.78 is 0. The summed E-state index contributed by atoms with van der Waals surface area (Å²) in [4.78, 5) is 26.8. The first-order valence-electron chi connectivity index (χ1n) is 10.5. The normalized spacial score (nSPS) is 14.5. The zero-order chi connectivity index (χ0) is 21.3. The van der Waals surface area contributed by atoms with Crippen LogP contribution in [0.15, 0.2) is 48.5 Å². The van der Waals surface area contributed by atoms with Crippen molar-refractivity contribution in [1.29, 1.82) is 0 Å². The van der Waals surface area contributed by atoms with Gasteiger partial charge in [0.15, 0.2) is 0 Å². The smallest absolute Gasteiger partial charge is 0.226 e. The maximum atomic E-state index is 12.5. The van der Waals surface area contributed by atoms with E-state index in [2.05, 4.69) is 5.32 Å². The van der Waals surface area contributed by atoms with Gasteiger partial charge < -0.3 is 20.4 Å². The summed E-state index contributed by atoms with van der Waals surface area (Å²) in [5, 5.41) is 21.7. The number of nitrogens with one attached hydrogen (secondary N) is 1. The van der Waals surface area contributed by atoms with Crippen LogP contribution in [0.4, 0.5) is 0 Å². The lowest BCUT2D eigenvalue weighted by Crippen LogP contribution is -2.43. The zero-order valence-electron chi connectivity index (χ0n) is 17.2. The van der Waals surface area contributed by atoms with Crippen LogP contribution in [-0.4, -0.2) is 46.6 Å². The van der Waals surface area contributed by atoms with Crippen LogP contribution in [0.1, 0.15) is 35.1 Å². The molecule has 2 aromatic rings. The van der Waals surface area contributed by atoms with Crippen LogP contribution in [0.25, 0.3) is 0 Å². The van der Waals surface area contributed by atoms with Crippen molar-refractivity contribution in [2.45, 2.75) is 38.9 Å². The van der Waals surface area contributed by atoms with Gasteiger partial charge in [-0.15, -0.1) is 0 Å².